The highest BCUT2D eigenvalue weighted by atomic mass is 32.1. The zero-order chi connectivity index (χ0) is 27.0. The van der Waals surface area contributed by atoms with Crippen LogP contribution in [0.15, 0.2) is 42.6 Å². The van der Waals surface area contributed by atoms with Gasteiger partial charge in [-0.3, -0.25) is 4.79 Å². The molecule has 1 atom stereocenters. The highest BCUT2D eigenvalue weighted by molar-refractivity contribution is 7.15. The smallest absolute Gasteiger partial charge is 0.318 e. The number of ether oxygens (including phenoxy) is 1. The van der Waals surface area contributed by atoms with E-state index in [4.69, 9.17) is 4.74 Å². The molecule has 0 bridgehead atoms. The van der Waals surface area contributed by atoms with Crippen LogP contribution in [0.2, 0.25) is 0 Å². The summed E-state index contributed by atoms with van der Waals surface area (Å²) in [4.78, 5) is 30.7. The number of hydrogen-bond acceptors (Lipinski definition) is 4. The Morgan fingerprint density at radius 1 is 1.03 bits per heavy atom. The topological polar surface area (TPSA) is 63.6 Å². The number of hydrogen-bond donors (Lipinski definition) is 1. The molecule has 7 heteroatoms. The Kier molecular flexibility index (Phi) is 7.27. The molecule has 6 nitrogen and oxygen atoms in total. The Balaban J connectivity index is 1.43. The lowest BCUT2D eigenvalue weighted by Crippen LogP contribution is -2.55. The molecule has 1 fully saturated rings. The lowest BCUT2D eigenvalue weighted by atomic mass is 9.79. The van der Waals surface area contributed by atoms with E-state index in [-0.39, 0.29) is 24.5 Å². The molecule has 2 aromatic heterocycles. The van der Waals surface area contributed by atoms with Crippen molar-refractivity contribution in [1.82, 2.24) is 14.8 Å². The van der Waals surface area contributed by atoms with E-state index in [1.165, 1.54) is 39.4 Å². The monoisotopic (exact) mass is 545 g/mol. The van der Waals surface area contributed by atoms with Gasteiger partial charge in [0.25, 0.3) is 0 Å². The van der Waals surface area contributed by atoms with Crippen molar-refractivity contribution >= 4 is 23.3 Å². The molecule has 206 valence electrons. The fourth-order valence-electron chi connectivity index (χ4n) is 6.85. The Morgan fingerprint density at radius 2 is 1.79 bits per heavy atom. The maximum Gasteiger partial charge on any atom is 0.318 e. The summed E-state index contributed by atoms with van der Waals surface area (Å²) in [6.45, 7) is 4.84. The lowest BCUT2D eigenvalue weighted by molar-refractivity contribution is -0.145. The van der Waals surface area contributed by atoms with Crippen molar-refractivity contribution in [2.45, 2.75) is 96.2 Å². The first kappa shape index (κ1) is 26.2. The van der Waals surface area contributed by atoms with Gasteiger partial charge in [0.15, 0.2) is 0 Å². The summed E-state index contributed by atoms with van der Waals surface area (Å²) in [6, 6.07) is 12.5. The van der Waals surface area contributed by atoms with E-state index in [0.717, 1.165) is 56.2 Å². The molecular weight excluding hydrogens is 506 g/mol. The molecule has 0 radical (unpaired) electrons. The van der Waals surface area contributed by atoms with E-state index in [1.54, 1.807) is 0 Å². The Hall–Kier alpha value is -3.06. The summed E-state index contributed by atoms with van der Waals surface area (Å²) in [5, 5.41) is 4.69. The molecule has 0 unspecified atom stereocenters. The van der Waals surface area contributed by atoms with Gasteiger partial charge in [0.1, 0.15) is 5.00 Å². The number of amides is 2. The zero-order valence-electron chi connectivity index (χ0n) is 23.1. The van der Waals surface area contributed by atoms with Crippen LogP contribution >= 0.6 is 11.3 Å². The minimum absolute atomic E-state index is 0.0943. The normalized spacial score (nSPS) is 19.8. The molecule has 1 N–H and O–H groups in total. The number of thiophene rings is 1. The average Bonchev–Trinajstić information content (AvgIpc) is 3.52. The highest BCUT2D eigenvalue weighted by Gasteiger charge is 2.41. The van der Waals surface area contributed by atoms with Crippen LogP contribution in [0, 0.1) is 6.92 Å². The second kappa shape index (κ2) is 10.8. The molecule has 1 aliphatic heterocycles. The van der Waals surface area contributed by atoms with Gasteiger partial charge in [-0.2, -0.15) is 0 Å². The number of nitrogens with zero attached hydrogens (tertiary/aromatic N) is 2. The molecule has 1 saturated carbocycles. The number of nitrogens with one attached hydrogen (secondary N) is 1. The quantitative estimate of drug-likeness (QED) is 0.351. The summed E-state index contributed by atoms with van der Waals surface area (Å²) in [5.41, 5.74) is 5.58. The van der Waals surface area contributed by atoms with Crippen molar-refractivity contribution < 1.29 is 14.3 Å². The molecule has 0 saturated heterocycles. The van der Waals surface area contributed by atoms with Crippen LogP contribution in [0.1, 0.15) is 97.2 Å². The first-order valence-electron chi connectivity index (χ1n) is 14.6. The molecule has 3 heterocycles. The minimum atomic E-state index is -0.565. The van der Waals surface area contributed by atoms with Gasteiger partial charge < -0.3 is 19.5 Å². The molecule has 6 rings (SSSR count). The lowest BCUT2D eigenvalue weighted by Gasteiger charge is -2.40. The fraction of sp³-hybridized carbons (Fsp3) is 0.500. The fourth-order valence-corrected chi connectivity index (χ4v) is 8.25. The predicted molar refractivity (Wildman–Crippen MR) is 154 cm³/mol. The second-order valence-electron chi connectivity index (χ2n) is 11.5. The van der Waals surface area contributed by atoms with Crippen molar-refractivity contribution in [2.24, 2.45) is 0 Å². The summed E-state index contributed by atoms with van der Waals surface area (Å²) < 4.78 is 7.67. The van der Waals surface area contributed by atoms with Crippen LogP contribution in [-0.4, -0.2) is 33.6 Å². The number of aryl methyl sites for hydroxylation is 2. The average molecular weight is 546 g/mol. The van der Waals surface area contributed by atoms with Gasteiger partial charge >= 0.3 is 12.0 Å². The van der Waals surface area contributed by atoms with Crippen LogP contribution < -0.4 is 5.32 Å². The molecule has 39 heavy (non-hydrogen) atoms. The van der Waals surface area contributed by atoms with Crippen LogP contribution in [-0.2, 0) is 28.9 Å². The van der Waals surface area contributed by atoms with Crippen molar-refractivity contribution in [3.63, 3.8) is 0 Å². The minimum Gasteiger partial charge on any atom is -0.466 e. The van der Waals surface area contributed by atoms with Gasteiger partial charge in [0.2, 0.25) is 0 Å². The van der Waals surface area contributed by atoms with Crippen LogP contribution in [0.4, 0.5) is 4.79 Å². The van der Waals surface area contributed by atoms with Crippen LogP contribution in [0.3, 0.4) is 0 Å². The number of esters is 1. The van der Waals surface area contributed by atoms with Crippen molar-refractivity contribution in [1.29, 1.82) is 0 Å². The highest BCUT2D eigenvalue weighted by Crippen LogP contribution is 2.44. The molecule has 2 aliphatic carbocycles. The van der Waals surface area contributed by atoms with Crippen molar-refractivity contribution in [3.05, 3.63) is 75.4 Å². The van der Waals surface area contributed by atoms with Crippen molar-refractivity contribution in [2.75, 3.05) is 6.61 Å². The third-order valence-corrected chi connectivity index (χ3v) is 10.1. The standard InChI is InChI=1S/C32H39N3O3S/c1-3-38-28(36)20-32(17-7-4-8-18-32)33-31(37)35-21-25-24-10-5-6-12-27(24)39-30(25)34-19-9-11-26(34)29(35)23-15-13-22(2)14-16-23/h9,11,13-16,19,29H,3-8,10,12,17-18,20-21H2,1-2H3,(H,33,37)/t29-/m0/s1. The number of urea groups is 1. The maximum atomic E-state index is 14.5. The van der Waals surface area contributed by atoms with Gasteiger partial charge in [0, 0.05) is 16.6 Å². The zero-order valence-corrected chi connectivity index (χ0v) is 23.9. The first-order valence-corrected chi connectivity index (χ1v) is 15.4. The van der Waals surface area contributed by atoms with Crippen molar-refractivity contribution in [3.8, 4) is 5.00 Å². The Morgan fingerprint density at radius 3 is 2.56 bits per heavy atom. The largest absolute Gasteiger partial charge is 0.466 e. The van der Waals surface area contributed by atoms with E-state index in [2.05, 4.69) is 59.4 Å². The van der Waals surface area contributed by atoms with E-state index in [9.17, 15) is 9.59 Å². The third-order valence-electron chi connectivity index (χ3n) is 8.80. The Bertz CT molecular complexity index is 1350. The van der Waals surface area contributed by atoms with Gasteiger partial charge in [-0.05, 0) is 75.6 Å². The van der Waals surface area contributed by atoms with E-state index < -0.39 is 5.54 Å². The summed E-state index contributed by atoms with van der Waals surface area (Å²) in [5.74, 6) is -0.228. The number of fused-ring (bicyclic) bond motifs is 5. The Labute approximate surface area is 235 Å². The summed E-state index contributed by atoms with van der Waals surface area (Å²) in [6.07, 6.45) is 11.8. The van der Waals surface area contributed by atoms with Gasteiger partial charge in [-0.25, -0.2) is 4.79 Å². The number of rotatable bonds is 5. The van der Waals surface area contributed by atoms with Gasteiger partial charge in [-0.1, -0.05) is 49.1 Å². The van der Waals surface area contributed by atoms with E-state index in [0.29, 0.717) is 13.2 Å². The van der Waals surface area contributed by atoms with Crippen LogP contribution in [0.5, 0.6) is 0 Å². The first-order chi connectivity index (χ1) is 19.0. The number of carbonyl (C=O) groups is 2. The maximum absolute atomic E-state index is 14.5. The van der Waals surface area contributed by atoms with Crippen LogP contribution in [0.25, 0.3) is 5.00 Å². The molecule has 0 spiro atoms. The molecule has 3 aromatic rings. The second-order valence-corrected chi connectivity index (χ2v) is 12.6. The third kappa shape index (κ3) is 5.02. The number of aromatic nitrogens is 1. The van der Waals surface area contributed by atoms with Gasteiger partial charge in [-0.15, -0.1) is 11.3 Å². The molecule has 2 amide bonds. The van der Waals surface area contributed by atoms with Gasteiger partial charge in [0.05, 0.1) is 36.8 Å². The number of carbonyl (C=O) groups excluding carboxylic acids is 2. The predicted octanol–water partition coefficient (Wildman–Crippen LogP) is 7.00. The number of benzene rings is 1. The molecule has 3 aliphatic rings. The SMILES string of the molecule is CCOC(=O)CC1(NC(=O)N2Cc3c(sc4c3CCCC4)-n3cccc3[C@@H]2c2ccc(C)cc2)CCCCC1. The summed E-state index contributed by atoms with van der Waals surface area (Å²) >= 11 is 1.90. The molecule has 1 aromatic carbocycles. The van der Waals surface area contributed by atoms with E-state index in [1.807, 2.05) is 23.2 Å². The molecular formula is C32H39N3O3S. The summed E-state index contributed by atoms with van der Waals surface area (Å²) in [7, 11) is 0. The van der Waals surface area contributed by atoms with E-state index >= 15 is 0 Å².